The van der Waals surface area contributed by atoms with Crippen molar-refractivity contribution in [3.63, 3.8) is 0 Å². The van der Waals surface area contributed by atoms with Crippen molar-refractivity contribution in [1.29, 1.82) is 0 Å². The van der Waals surface area contributed by atoms with E-state index >= 15 is 0 Å². The van der Waals surface area contributed by atoms with Crippen molar-refractivity contribution in [2.75, 3.05) is 52.7 Å². The van der Waals surface area contributed by atoms with E-state index in [2.05, 4.69) is 19.2 Å². The Balaban J connectivity index is 2.85. The molecule has 0 radical (unpaired) electrons. The maximum atomic E-state index is 5.42. The Morgan fingerprint density at radius 2 is 1.24 bits per heavy atom. The quantitative estimate of drug-likeness (QED) is 0.475. The van der Waals surface area contributed by atoms with E-state index in [9.17, 15) is 0 Å². The molecule has 0 spiro atoms. The zero-order chi connectivity index (χ0) is 12.6. The smallest absolute Gasteiger partial charge is 0.0701 e. The molecule has 0 aliphatic carbocycles. The van der Waals surface area contributed by atoms with Crippen LogP contribution in [0.5, 0.6) is 0 Å². The lowest BCUT2D eigenvalue weighted by Gasteiger charge is -2.07. The van der Waals surface area contributed by atoms with Crippen LogP contribution in [0.2, 0.25) is 0 Å². The molecule has 0 rings (SSSR count). The number of hydrogen-bond donors (Lipinski definition) is 1. The highest BCUT2D eigenvalue weighted by atomic mass is 16.5. The van der Waals surface area contributed by atoms with Gasteiger partial charge in [-0.3, -0.25) is 0 Å². The monoisotopic (exact) mass is 247 g/mol. The molecule has 17 heavy (non-hydrogen) atoms. The van der Waals surface area contributed by atoms with Crippen LogP contribution in [0.15, 0.2) is 0 Å². The van der Waals surface area contributed by atoms with Crippen LogP contribution in [-0.4, -0.2) is 52.7 Å². The molecule has 0 atom stereocenters. The van der Waals surface area contributed by atoms with Crippen molar-refractivity contribution >= 4 is 0 Å². The zero-order valence-electron chi connectivity index (χ0n) is 11.5. The van der Waals surface area contributed by atoms with E-state index in [0.29, 0.717) is 13.2 Å². The average Bonchev–Trinajstić information content (AvgIpc) is 2.35. The Labute approximate surface area is 106 Å². The summed E-state index contributed by atoms with van der Waals surface area (Å²) >= 11 is 0. The van der Waals surface area contributed by atoms with Gasteiger partial charge in [-0.2, -0.15) is 0 Å². The van der Waals surface area contributed by atoms with E-state index in [1.54, 1.807) is 0 Å². The van der Waals surface area contributed by atoms with Gasteiger partial charge in [-0.05, 0) is 12.8 Å². The van der Waals surface area contributed by atoms with E-state index in [4.69, 9.17) is 14.2 Å². The molecule has 0 amide bonds. The third-order valence-corrected chi connectivity index (χ3v) is 2.21. The lowest BCUT2D eigenvalue weighted by molar-refractivity contribution is 0.0483. The molecule has 0 fully saturated rings. The van der Waals surface area contributed by atoms with Crippen LogP contribution in [0.4, 0.5) is 0 Å². The van der Waals surface area contributed by atoms with Crippen LogP contribution < -0.4 is 5.32 Å². The predicted molar refractivity (Wildman–Crippen MR) is 70.5 cm³/mol. The minimum Gasteiger partial charge on any atom is -0.380 e. The molecule has 4 nitrogen and oxygen atoms in total. The summed E-state index contributed by atoms with van der Waals surface area (Å²) in [5, 5.41) is 3.27. The van der Waals surface area contributed by atoms with E-state index < -0.39 is 0 Å². The Kier molecular flexibility index (Phi) is 15.7. The molecule has 0 heterocycles. The van der Waals surface area contributed by atoms with Gasteiger partial charge in [-0.1, -0.05) is 20.3 Å². The second-order valence-corrected chi connectivity index (χ2v) is 3.94. The van der Waals surface area contributed by atoms with Crippen LogP contribution in [0.25, 0.3) is 0 Å². The van der Waals surface area contributed by atoms with E-state index in [0.717, 1.165) is 52.4 Å². The van der Waals surface area contributed by atoms with Crippen LogP contribution in [0.1, 0.15) is 33.1 Å². The number of unbranched alkanes of at least 4 members (excludes halogenated alkanes) is 1. The molecule has 0 aliphatic rings. The Morgan fingerprint density at radius 1 is 0.647 bits per heavy atom. The van der Waals surface area contributed by atoms with E-state index in [-0.39, 0.29) is 0 Å². The number of rotatable bonds is 14. The highest BCUT2D eigenvalue weighted by Crippen LogP contribution is 1.86. The molecule has 0 saturated carbocycles. The van der Waals surface area contributed by atoms with Crippen LogP contribution >= 0.6 is 0 Å². The van der Waals surface area contributed by atoms with E-state index in [1.165, 1.54) is 6.42 Å². The second kappa shape index (κ2) is 15.8. The van der Waals surface area contributed by atoms with E-state index in [1.807, 2.05) is 0 Å². The molecule has 0 bridgehead atoms. The fourth-order valence-corrected chi connectivity index (χ4v) is 1.23. The van der Waals surface area contributed by atoms with Gasteiger partial charge in [0.1, 0.15) is 0 Å². The summed E-state index contributed by atoms with van der Waals surface area (Å²) in [4.78, 5) is 0. The Hall–Kier alpha value is -0.160. The number of ether oxygens (including phenoxy) is 3. The first kappa shape index (κ1) is 16.8. The highest BCUT2D eigenvalue weighted by molar-refractivity contribution is 4.45. The maximum absolute atomic E-state index is 5.42. The third kappa shape index (κ3) is 15.8. The predicted octanol–water partition coefficient (Wildman–Crippen LogP) is 1.84. The second-order valence-electron chi connectivity index (χ2n) is 3.94. The first-order chi connectivity index (χ1) is 8.41. The SMILES string of the molecule is CCCCOCCNCCOCCOCCC. The van der Waals surface area contributed by atoms with Crippen LogP contribution in [-0.2, 0) is 14.2 Å². The van der Waals surface area contributed by atoms with Gasteiger partial charge in [0.15, 0.2) is 0 Å². The molecule has 1 N–H and O–H groups in total. The minimum atomic E-state index is 0.689. The normalized spacial score (nSPS) is 10.9. The first-order valence-electron chi connectivity index (χ1n) is 6.85. The summed E-state index contributed by atoms with van der Waals surface area (Å²) in [6.45, 7) is 10.7. The topological polar surface area (TPSA) is 39.7 Å². The number of hydrogen-bond acceptors (Lipinski definition) is 4. The van der Waals surface area contributed by atoms with Crippen molar-refractivity contribution in [2.24, 2.45) is 0 Å². The summed E-state index contributed by atoms with van der Waals surface area (Å²) in [6.07, 6.45) is 3.42. The molecular weight excluding hydrogens is 218 g/mol. The molecule has 0 aliphatic heterocycles. The maximum Gasteiger partial charge on any atom is 0.0701 e. The summed E-state index contributed by atoms with van der Waals surface area (Å²) in [7, 11) is 0. The fraction of sp³-hybridized carbons (Fsp3) is 1.00. The van der Waals surface area contributed by atoms with Crippen molar-refractivity contribution in [3.05, 3.63) is 0 Å². The van der Waals surface area contributed by atoms with Crippen molar-refractivity contribution < 1.29 is 14.2 Å². The lowest BCUT2D eigenvalue weighted by atomic mass is 10.4. The van der Waals surface area contributed by atoms with Gasteiger partial charge in [0.2, 0.25) is 0 Å². The lowest BCUT2D eigenvalue weighted by Crippen LogP contribution is -2.24. The van der Waals surface area contributed by atoms with Crippen LogP contribution in [0, 0.1) is 0 Å². The first-order valence-corrected chi connectivity index (χ1v) is 6.85. The van der Waals surface area contributed by atoms with Gasteiger partial charge in [0, 0.05) is 26.3 Å². The summed E-state index contributed by atoms with van der Waals surface area (Å²) in [5.74, 6) is 0. The third-order valence-electron chi connectivity index (χ3n) is 2.21. The van der Waals surface area contributed by atoms with Crippen molar-refractivity contribution in [3.8, 4) is 0 Å². The summed E-state index contributed by atoms with van der Waals surface area (Å²) < 4.78 is 16.1. The number of nitrogens with one attached hydrogen (secondary N) is 1. The molecule has 0 unspecified atom stereocenters. The van der Waals surface area contributed by atoms with Crippen molar-refractivity contribution in [2.45, 2.75) is 33.1 Å². The van der Waals surface area contributed by atoms with Gasteiger partial charge < -0.3 is 19.5 Å². The standard InChI is InChI=1S/C13H29NO3/c1-3-5-9-16-10-6-14-7-11-17-13-12-15-8-4-2/h14H,3-13H2,1-2H3. The summed E-state index contributed by atoms with van der Waals surface area (Å²) in [6, 6.07) is 0. The largest absolute Gasteiger partial charge is 0.380 e. The highest BCUT2D eigenvalue weighted by Gasteiger charge is 1.91. The van der Waals surface area contributed by atoms with Gasteiger partial charge >= 0.3 is 0 Å². The van der Waals surface area contributed by atoms with Gasteiger partial charge in [-0.25, -0.2) is 0 Å². The molecule has 4 heteroatoms. The summed E-state index contributed by atoms with van der Waals surface area (Å²) in [5.41, 5.74) is 0. The van der Waals surface area contributed by atoms with Crippen molar-refractivity contribution in [1.82, 2.24) is 5.32 Å². The van der Waals surface area contributed by atoms with Gasteiger partial charge in [0.25, 0.3) is 0 Å². The molecule has 0 aromatic carbocycles. The van der Waals surface area contributed by atoms with Gasteiger partial charge in [0.05, 0.1) is 26.4 Å². The van der Waals surface area contributed by atoms with Crippen LogP contribution in [0.3, 0.4) is 0 Å². The fourth-order valence-electron chi connectivity index (χ4n) is 1.23. The molecule has 0 aromatic rings. The molecule has 0 saturated heterocycles. The minimum absolute atomic E-state index is 0.689. The molecule has 104 valence electrons. The Morgan fingerprint density at radius 3 is 1.82 bits per heavy atom. The van der Waals surface area contributed by atoms with Gasteiger partial charge in [-0.15, -0.1) is 0 Å². The molecule has 0 aromatic heterocycles. The molecular formula is C13H29NO3. The zero-order valence-corrected chi connectivity index (χ0v) is 11.5. The Bertz CT molecular complexity index is 120. The average molecular weight is 247 g/mol.